The zero-order chi connectivity index (χ0) is 17.9. The van der Waals surface area contributed by atoms with Crippen molar-refractivity contribution in [2.75, 3.05) is 7.11 Å². The maximum atomic E-state index is 10.8. The van der Waals surface area contributed by atoms with Gasteiger partial charge in [-0.2, -0.15) is 0 Å². The van der Waals surface area contributed by atoms with Crippen LogP contribution in [0.1, 0.15) is 90.4 Å². The van der Waals surface area contributed by atoms with Gasteiger partial charge in [-0.15, -0.1) is 0 Å². The number of carboxylic acids is 1. The van der Waals surface area contributed by atoms with Crippen LogP contribution in [0.2, 0.25) is 0 Å². The number of carbonyl (C=O) groups is 1. The lowest BCUT2D eigenvalue weighted by Crippen LogP contribution is -2.21. The summed E-state index contributed by atoms with van der Waals surface area (Å²) in [6, 6.07) is 0. The molecule has 3 nitrogen and oxygen atoms in total. The number of allylic oxidation sites excluding steroid dienone is 4. The van der Waals surface area contributed by atoms with Crippen molar-refractivity contribution in [1.82, 2.24) is 0 Å². The molecule has 0 aliphatic rings. The number of methoxy groups -OCH3 is 1. The number of aliphatic carboxylic acids is 1. The molecular formula is C21H38O3. The van der Waals surface area contributed by atoms with Gasteiger partial charge in [-0.05, 0) is 38.5 Å². The van der Waals surface area contributed by atoms with Crippen molar-refractivity contribution in [3.05, 3.63) is 24.3 Å². The Kier molecular flexibility index (Phi) is 17.4. The molecule has 0 aromatic heterocycles. The van der Waals surface area contributed by atoms with Crippen LogP contribution in [0.4, 0.5) is 0 Å². The van der Waals surface area contributed by atoms with E-state index in [0.29, 0.717) is 6.42 Å². The Morgan fingerprint density at radius 3 is 1.88 bits per heavy atom. The maximum absolute atomic E-state index is 10.8. The summed E-state index contributed by atoms with van der Waals surface area (Å²) in [7, 11) is 1.44. The highest BCUT2D eigenvalue weighted by molar-refractivity contribution is 5.72. The van der Waals surface area contributed by atoms with E-state index in [-0.39, 0.29) is 0 Å². The van der Waals surface area contributed by atoms with Crippen LogP contribution < -0.4 is 0 Å². The molecule has 1 atom stereocenters. The van der Waals surface area contributed by atoms with Gasteiger partial charge in [0, 0.05) is 7.11 Å². The lowest BCUT2D eigenvalue weighted by molar-refractivity contribution is -0.148. The summed E-state index contributed by atoms with van der Waals surface area (Å²) in [4.78, 5) is 10.8. The molecule has 0 radical (unpaired) electrons. The molecule has 24 heavy (non-hydrogen) atoms. The number of carboxylic acid groups (broad SMARTS) is 1. The normalized spacial score (nSPS) is 13.1. The van der Waals surface area contributed by atoms with E-state index >= 15 is 0 Å². The molecule has 0 bridgehead atoms. The van der Waals surface area contributed by atoms with Crippen LogP contribution in [0.3, 0.4) is 0 Å². The van der Waals surface area contributed by atoms with Gasteiger partial charge in [-0.1, -0.05) is 76.2 Å². The van der Waals surface area contributed by atoms with Crippen molar-refractivity contribution < 1.29 is 14.6 Å². The van der Waals surface area contributed by atoms with E-state index in [0.717, 1.165) is 19.3 Å². The van der Waals surface area contributed by atoms with Crippen molar-refractivity contribution in [2.45, 2.75) is 96.5 Å². The third-order valence-electron chi connectivity index (χ3n) is 4.21. The minimum atomic E-state index is -0.880. The van der Waals surface area contributed by atoms with Crippen LogP contribution in [0.5, 0.6) is 0 Å². The molecule has 0 rings (SSSR count). The molecule has 0 saturated heterocycles. The zero-order valence-corrected chi connectivity index (χ0v) is 15.8. The maximum Gasteiger partial charge on any atom is 0.332 e. The molecular weight excluding hydrogens is 300 g/mol. The fraction of sp³-hybridized carbons (Fsp3) is 0.762. The molecule has 140 valence electrons. The predicted molar refractivity (Wildman–Crippen MR) is 102 cm³/mol. The van der Waals surface area contributed by atoms with E-state index in [4.69, 9.17) is 9.84 Å². The largest absolute Gasteiger partial charge is 0.479 e. The Hall–Kier alpha value is -1.09. The summed E-state index contributed by atoms with van der Waals surface area (Å²) in [6.45, 7) is 2.26. The highest BCUT2D eigenvalue weighted by Crippen LogP contribution is 2.10. The number of ether oxygens (including phenoxy) is 1. The van der Waals surface area contributed by atoms with Crippen LogP contribution in [-0.4, -0.2) is 24.3 Å². The Labute approximate surface area is 149 Å². The molecule has 0 aromatic rings. The topological polar surface area (TPSA) is 46.5 Å². The molecule has 0 spiro atoms. The molecule has 0 aromatic carbocycles. The van der Waals surface area contributed by atoms with Gasteiger partial charge in [0.1, 0.15) is 0 Å². The van der Waals surface area contributed by atoms with Gasteiger partial charge >= 0.3 is 5.97 Å². The SMILES string of the molecule is CCCCCCCCCC/C=C\CC/C=C\CCC(OC)C(=O)O. The third kappa shape index (κ3) is 15.8. The molecule has 1 unspecified atom stereocenters. The molecule has 0 fully saturated rings. The first-order valence-electron chi connectivity index (χ1n) is 9.78. The standard InChI is InChI=1S/C21H38O3/c1-3-4-5-6-7-8-9-10-11-12-13-14-15-16-17-18-19-20(24-2)21(22)23/h12-13,16-17,20H,3-11,14-15,18-19H2,1-2H3,(H,22,23)/b13-12-,17-16-. The highest BCUT2D eigenvalue weighted by Gasteiger charge is 2.14. The summed E-state index contributed by atoms with van der Waals surface area (Å²) in [5, 5.41) is 8.84. The van der Waals surface area contributed by atoms with Gasteiger partial charge in [-0.3, -0.25) is 0 Å². The van der Waals surface area contributed by atoms with Crippen molar-refractivity contribution in [2.24, 2.45) is 0 Å². The Morgan fingerprint density at radius 2 is 1.33 bits per heavy atom. The zero-order valence-electron chi connectivity index (χ0n) is 15.8. The molecule has 0 aliphatic heterocycles. The van der Waals surface area contributed by atoms with Crippen LogP contribution in [-0.2, 0) is 9.53 Å². The van der Waals surface area contributed by atoms with Crippen molar-refractivity contribution in [3.63, 3.8) is 0 Å². The molecule has 0 saturated carbocycles. The highest BCUT2D eigenvalue weighted by atomic mass is 16.5. The smallest absolute Gasteiger partial charge is 0.332 e. The molecule has 3 heteroatoms. The van der Waals surface area contributed by atoms with Crippen LogP contribution in [0.25, 0.3) is 0 Å². The summed E-state index contributed by atoms with van der Waals surface area (Å²) >= 11 is 0. The van der Waals surface area contributed by atoms with Gasteiger partial charge in [0.2, 0.25) is 0 Å². The lowest BCUT2D eigenvalue weighted by Gasteiger charge is -2.07. The minimum Gasteiger partial charge on any atom is -0.479 e. The summed E-state index contributed by atoms with van der Waals surface area (Å²) in [6.07, 6.45) is 23.7. The second kappa shape index (κ2) is 18.3. The van der Waals surface area contributed by atoms with E-state index < -0.39 is 12.1 Å². The fourth-order valence-electron chi connectivity index (χ4n) is 2.65. The predicted octanol–water partition coefficient (Wildman–Crippen LogP) is 6.29. The second-order valence-electron chi connectivity index (χ2n) is 6.42. The van der Waals surface area contributed by atoms with Crippen LogP contribution in [0, 0.1) is 0 Å². The summed E-state index contributed by atoms with van der Waals surface area (Å²) in [5.74, 6) is -0.880. The van der Waals surface area contributed by atoms with Crippen LogP contribution >= 0.6 is 0 Å². The number of rotatable bonds is 17. The number of hydrogen-bond acceptors (Lipinski definition) is 2. The number of unbranched alkanes of at least 4 members (excludes halogenated alkanes) is 9. The van der Waals surface area contributed by atoms with E-state index in [1.165, 1.54) is 64.9 Å². The van der Waals surface area contributed by atoms with E-state index in [9.17, 15) is 4.79 Å². The van der Waals surface area contributed by atoms with Gasteiger partial charge in [0.25, 0.3) is 0 Å². The second-order valence-corrected chi connectivity index (χ2v) is 6.42. The quantitative estimate of drug-likeness (QED) is 0.250. The Balaban J connectivity index is 3.34. The summed E-state index contributed by atoms with van der Waals surface area (Å²) < 4.78 is 4.89. The van der Waals surface area contributed by atoms with Gasteiger partial charge in [-0.25, -0.2) is 4.79 Å². The monoisotopic (exact) mass is 338 g/mol. The number of hydrogen-bond donors (Lipinski definition) is 1. The van der Waals surface area contributed by atoms with Gasteiger partial charge in [0.05, 0.1) is 0 Å². The van der Waals surface area contributed by atoms with Crippen LogP contribution in [0.15, 0.2) is 24.3 Å². The van der Waals surface area contributed by atoms with E-state index in [2.05, 4.69) is 31.2 Å². The lowest BCUT2D eigenvalue weighted by atomic mass is 10.1. The van der Waals surface area contributed by atoms with Crippen molar-refractivity contribution in [3.8, 4) is 0 Å². The van der Waals surface area contributed by atoms with Gasteiger partial charge < -0.3 is 9.84 Å². The molecule has 0 aliphatic carbocycles. The van der Waals surface area contributed by atoms with E-state index in [1.54, 1.807) is 0 Å². The van der Waals surface area contributed by atoms with E-state index in [1.807, 2.05) is 0 Å². The van der Waals surface area contributed by atoms with Gasteiger partial charge in [0.15, 0.2) is 6.10 Å². The molecule has 0 amide bonds. The Morgan fingerprint density at radius 1 is 0.833 bits per heavy atom. The molecule has 0 heterocycles. The third-order valence-corrected chi connectivity index (χ3v) is 4.21. The first-order valence-corrected chi connectivity index (χ1v) is 9.78. The average Bonchev–Trinajstić information content (AvgIpc) is 2.57. The minimum absolute atomic E-state index is 0.538. The summed E-state index contributed by atoms with van der Waals surface area (Å²) in [5.41, 5.74) is 0. The first-order chi connectivity index (χ1) is 11.7. The van der Waals surface area contributed by atoms with Crippen molar-refractivity contribution in [1.29, 1.82) is 0 Å². The fourth-order valence-corrected chi connectivity index (χ4v) is 2.65. The molecule has 1 N–H and O–H groups in total. The average molecular weight is 339 g/mol. The first kappa shape index (κ1) is 22.9. The Bertz CT molecular complexity index is 334. The van der Waals surface area contributed by atoms with Crippen molar-refractivity contribution >= 4 is 5.97 Å².